The molecule has 0 spiro atoms. The second-order valence-corrected chi connectivity index (χ2v) is 5.50. The highest BCUT2D eigenvalue weighted by molar-refractivity contribution is 5.53. The molecule has 0 radical (unpaired) electrons. The zero-order valence-corrected chi connectivity index (χ0v) is 12.6. The Morgan fingerprint density at radius 3 is 2.77 bits per heavy atom. The summed E-state index contributed by atoms with van der Waals surface area (Å²) in [4.78, 5) is 8.64. The summed E-state index contributed by atoms with van der Waals surface area (Å²) in [6, 6.07) is 6.01. The van der Waals surface area contributed by atoms with Gasteiger partial charge in [0.15, 0.2) is 0 Å². The first-order chi connectivity index (χ1) is 10.8. The minimum absolute atomic E-state index is 0.429. The zero-order chi connectivity index (χ0) is 15.4. The Morgan fingerprint density at radius 2 is 2.14 bits per heavy atom. The number of nitrogens with zero attached hydrogens (tertiary/aromatic N) is 4. The van der Waals surface area contributed by atoms with E-state index in [1.54, 1.807) is 12.3 Å². The number of hydrogen-bond donors (Lipinski definition) is 0. The molecule has 1 aliphatic rings. The monoisotopic (exact) mass is 298 g/mol. The highest BCUT2D eigenvalue weighted by atomic mass is 16.5. The summed E-state index contributed by atoms with van der Waals surface area (Å²) in [7, 11) is 0. The predicted octanol–water partition coefficient (Wildman–Crippen LogP) is 3.26. The molecule has 2 aromatic heterocycles. The quantitative estimate of drug-likeness (QED) is 0.861. The maximum Gasteiger partial charge on any atom is 0.247 e. The van der Waals surface area contributed by atoms with Crippen LogP contribution in [0, 0.1) is 11.3 Å². The Balaban J connectivity index is 1.85. The van der Waals surface area contributed by atoms with Crippen LogP contribution in [0.3, 0.4) is 0 Å². The van der Waals surface area contributed by atoms with Gasteiger partial charge in [-0.05, 0) is 25.8 Å². The average molecular weight is 298 g/mol. The van der Waals surface area contributed by atoms with E-state index in [-0.39, 0.29) is 0 Å². The van der Waals surface area contributed by atoms with E-state index in [1.165, 1.54) is 0 Å². The Labute approximate surface area is 129 Å². The predicted molar refractivity (Wildman–Crippen MR) is 79.1 cm³/mol. The van der Waals surface area contributed by atoms with Gasteiger partial charge in [0, 0.05) is 17.8 Å². The van der Waals surface area contributed by atoms with Crippen molar-refractivity contribution in [2.75, 3.05) is 6.61 Å². The van der Waals surface area contributed by atoms with E-state index in [4.69, 9.17) is 9.26 Å². The Hall–Kier alpha value is -2.42. The second kappa shape index (κ2) is 6.14. The molecule has 1 saturated carbocycles. The molecule has 0 saturated heterocycles. The fourth-order valence-electron chi connectivity index (χ4n) is 2.81. The van der Waals surface area contributed by atoms with Gasteiger partial charge in [0.1, 0.15) is 5.41 Å². The van der Waals surface area contributed by atoms with Gasteiger partial charge in [0.2, 0.25) is 17.6 Å². The molecule has 6 nitrogen and oxygen atoms in total. The highest BCUT2D eigenvalue weighted by Crippen LogP contribution is 2.38. The third-order valence-electron chi connectivity index (χ3n) is 4.04. The Morgan fingerprint density at radius 1 is 1.32 bits per heavy atom. The number of aromatic nitrogens is 3. The molecule has 2 aromatic rings. The van der Waals surface area contributed by atoms with Crippen molar-refractivity contribution < 1.29 is 9.26 Å². The summed E-state index contributed by atoms with van der Waals surface area (Å²) in [5.74, 6) is 1.46. The van der Waals surface area contributed by atoms with E-state index in [0.717, 1.165) is 37.7 Å². The first-order valence-electron chi connectivity index (χ1n) is 7.62. The number of nitriles is 1. The summed E-state index contributed by atoms with van der Waals surface area (Å²) in [6.07, 6.45) is 6.43. The minimum atomic E-state index is -0.623. The fourth-order valence-corrected chi connectivity index (χ4v) is 2.81. The van der Waals surface area contributed by atoms with E-state index >= 15 is 0 Å². The van der Waals surface area contributed by atoms with Crippen LogP contribution < -0.4 is 4.74 Å². The third-order valence-corrected chi connectivity index (χ3v) is 4.04. The number of pyridine rings is 1. The topological polar surface area (TPSA) is 84.8 Å². The smallest absolute Gasteiger partial charge is 0.247 e. The molecule has 1 aliphatic carbocycles. The van der Waals surface area contributed by atoms with E-state index < -0.39 is 5.41 Å². The average Bonchev–Trinajstić information content (AvgIpc) is 3.07. The number of rotatable bonds is 4. The normalized spacial score (nSPS) is 16.9. The summed E-state index contributed by atoms with van der Waals surface area (Å²) >= 11 is 0. The molecule has 0 unspecified atom stereocenters. The first kappa shape index (κ1) is 14.5. The molecule has 2 heterocycles. The number of ether oxygens (including phenoxy) is 1. The van der Waals surface area contributed by atoms with E-state index in [2.05, 4.69) is 21.2 Å². The molecular weight excluding hydrogens is 280 g/mol. The van der Waals surface area contributed by atoms with Crippen molar-refractivity contribution in [2.24, 2.45) is 0 Å². The standard InChI is InChI=1S/C16H18N4O2/c1-2-21-13-7-6-12(10-18-13)14-19-15(22-20-14)16(11-17)8-4-3-5-9-16/h6-7,10H,2-5,8-9H2,1H3. The van der Waals surface area contributed by atoms with E-state index in [9.17, 15) is 5.26 Å². The minimum Gasteiger partial charge on any atom is -0.478 e. The van der Waals surface area contributed by atoms with Gasteiger partial charge in [-0.25, -0.2) is 4.98 Å². The van der Waals surface area contributed by atoms with Crippen molar-refractivity contribution in [3.8, 4) is 23.3 Å². The summed E-state index contributed by atoms with van der Waals surface area (Å²) in [5, 5.41) is 13.6. The lowest BCUT2D eigenvalue weighted by Gasteiger charge is -2.26. The van der Waals surface area contributed by atoms with Gasteiger partial charge in [-0.2, -0.15) is 10.2 Å². The van der Waals surface area contributed by atoms with Crippen molar-refractivity contribution in [2.45, 2.75) is 44.4 Å². The maximum absolute atomic E-state index is 9.56. The summed E-state index contributed by atoms with van der Waals surface area (Å²) in [5.41, 5.74) is 0.129. The molecule has 0 aliphatic heterocycles. The molecule has 1 fully saturated rings. The van der Waals surface area contributed by atoms with Crippen LogP contribution in [-0.2, 0) is 5.41 Å². The van der Waals surface area contributed by atoms with Gasteiger partial charge in [0.25, 0.3) is 0 Å². The van der Waals surface area contributed by atoms with Crippen LogP contribution in [0.15, 0.2) is 22.9 Å². The molecule has 6 heteroatoms. The van der Waals surface area contributed by atoms with Crippen LogP contribution in [0.1, 0.15) is 44.9 Å². The highest BCUT2D eigenvalue weighted by Gasteiger charge is 2.39. The van der Waals surface area contributed by atoms with E-state index in [1.807, 2.05) is 13.0 Å². The van der Waals surface area contributed by atoms with Crippen molar-refractivity contribution >= 4 is 0 Å². The van der Waals surface area contributed by atoms with Crippen molar-refractivity contribution in [1.29, 1.82) is 5.26 Å². The second-order valence-electron chi connectivity index (χ2n) is 5.50. The van der Waals surface area contributed by atoms with Gasteiger partial charge in [0.05, 0.1) is 12.7 Å². The van der Waals surface area contributed by atoms with Crippen LogP contribution >= 0.6 is 0 Å². The van der Waals surface area contributed by atoms with Gasteiger partial charge in [-0.1, -0.05) is 24.4 Å². The largest absolute Gasteiger partial charge is 0.478 e. The lowest BCUT2D eigenvalue weighted by molar-refractivity contribution is 0.264. The van der Waals surface area contributed by atoms with Crippen molar-refractivity contribution in [1.82, 2.24) is 15.1 Å². The van der Waals surface area contributed by atoms with Crippen molar-refractivity contribution in [3.05, 3.63) is 24.2 Å². The maximum atomic E-state index is 9.56. The van der Waals surface area contributed by atoms with Crippen LogP contribution in [0.25, 0.3) is 11.4 Å². The zero-order valence-electron chi connectivity index (χ0n) is 12.6. The summed E-state index contributed by atoms with van der Waals surface area (Å²) in [6.45, 7) is 2.48. The molecule has 114 valence electrons. The molecule has 0 N–H and O–H groups in total. The van der Waals surface area contributed by atoms with Crippen LogP contribution in [-0.4, -0.2) is 21.7 Å². The van der Waals surface area contributed by atoms with Crippen LogP contribution in [0.4, 0.5) is 0 Å². The van der Waals surface area contributed by atoms with Gasteiger partial charge in [-0.3, -0.25) is 0 Å². The number of hydrogen-bond acceptors (Lipinski definition) is 6. The molecule has 0 aromatic carbocycles. The molecule has 0 bridgehead atoms. The molecule has 0 amide bonds. The molecule has 22 heavy (non-hydrogen) atoms. The summed E-state index contributed by atoms with van der Waals surface area (Å²) < 4.78 is 10.7. The van der Waals surface area contributed by atoms with Crippen molar-refractivity contribution in [3.63, 3.8) is 0 Å². The van der Waals surface area contributed by atoms with Crippen LogP contribution in [0.5, 0.6) is 5.88 Å². The lowest BCUT2D eigenvalue weighted by Crippen LogP contribution is -2.27. The van der Waals surface area contributed by atoms with E-state index in [0.29, 0.717) is 24.2 Å². The lowest BCUT2D eigenvalue weighted by atomic mass is 9.75. The molecule has 3 rings (SSSR count). The first-order valence-corrected chi connectivity index (χ1v) is 7.62. The Kier molecular flexibility index (Phi) is 4.05. The van der Waals surface area contributed by atoms with Crippen LogP contribution in [0.2, 0.25) is 0 Å². The van der Waals surface area contributed by atoms with Gasteiger partial charge < -0.3 is 9.26 Å². The van der Waals surface area contributed by atoms with Gasteiger partial charge in [-0.15, -0.1) is 0 Å². The molecular formula is C16H18N4O2. The van der Waals surface area contributed by atoms with Gasteiger partial charge >= 0.3 is 0 Å². The Bertz CT molecular complexity index is 666. The fraction of sp³-hybridized carbons (Fsp3) is 0.500. The SMILES string of the molecule is CCOc1ccc(-c2noc(C3(C#N)CCCCC3)n2)cn1. The molecule has 0 atom stereocenters. The third kappa shape index (κ3) is 2.67.